The van der Waals surface area contributed by atoms with E-state index in [-0.39, 0.29) is 5.78 Å². The molecule has 0 fully saturated rings. The van der Waals surface area contributed by atoms with Gasteiger partial charge in [-0.2, -0.15) is 0 Å². The van der Waals surface area contributed by atoms with Crippen molar-refractivity contribution in [2.45, 2.75) is 64.7 Å². The minimum Gasteiger partial charge on any atom is -0.494 e. The van der Waals surface area contributed by atoms with Gasteiger partial charge in [-0.15, -0.1) is 11.3 Å². The van der Waals surface area contributed by atoms with Crippen molar-refractivity contribution in [1.82, 2.24) is 0 Å². The van der Waals surface area contributed by atoms with Crippen LogP contribution in [0, 0.1) is 0 Å². The predicted octanol–water partition coefficient (Wildman–Crippen LogP) is 8.12. The minimum atomic E-state index is -0.0599. The van der Waals surface area contributed by atoms with Crippen LogP contribution in [0.3, 0.4) is 0 Å². The summed E-state index contributed by atoms with van der Waals surface area (Å²) in [5.74, 6) is 0.818. The summed E-state index contributed by atoms with van der Waals surface area (Å²) in [7, 11) is 0. The number of ketones is 1. The highest BCUT2D eigenvalue weighted by Crippen LogP contribution is 2.22. The largest absolute Gasteiger partial charge is 0.494 e. The van der Waals surface area contributed by atoms with E-state index in [0.717, 1.165) is 24.5 Å². The molecule has 0 spiro atoms. The van der Waals surface area contributed by atoms with Gasteiger partial charge in [0, 0.05) is 18.0 Å². The van der Waals surface area contributed by atoms with Crippen LogP contribution < -0.4 is 10.1 Å². The van der Waals surface area contributed by atoms with E-state index in [2.05, 4.69) is 12.2 Å². The molecule has 0 saturated heterocycles. The number of hydrogen-bond acceptors (Lipinski definition) is 4. The number of carbonyl (C=O) groups is 1. The van der Waals surface area contributed by atoms with Crippen molar-refractivity contribution in [2.24, 2.45) is 0 Å². The molecule has 3 nitrogen and oxygen atoms in total. The Balaban J connectivity index is 1.56. The highest BCUT2D eigenvalue weighted by molar-refractivity contribution is 7.18. The van der Waals surface area contributed by atoms with E-state index in [9.17, 15) is 4.79 Å². The second-order valence-electron chi connectivity index (χ2n) is 7.15. The van der Waals surface area contributed by atoms with Crippen molar-refractivity contribution < 1.29 is 9.53 Å². The van der Waals surface area contributed by atoms with Crippen LogP contribution >= 0.6 is 22.9 Å². The van der Waals surface area contributed by atoms with Crippen molar-refractivity contribution in [3.63, 3.8) is 0 Å². The van der Waals surface area contributed by atoms with Crippen molar-refractivity contribution in [1.29, 1.82) is 0 Å². The highest BCUT2D eigenvalue weighted by Gasteiger charge is 2.04. The SMILES string of the molecule is CCCCCCCCCCCOc1ccc(N/C=C\C(=O)c2ccc(Cl)s2)cc1. The van der Waals surface area contributed by atoms with Crippen LogP contribution in [0.1, 0.15) is 74.4 Å². The van der Waals surface area contributed by atoms with Gasteiger partial charge in [-0.3, -0.25) is 4.79 Å². The van der Waals surface area contributed by atoms with Crippen molar-refractivity contribution >= 4 is 34.4 Å². The summed E-state index contributed by atoms with van der Waals surface area (Å²) in [4.78, 5) is 12.6. The Hall–Kier alpha value is -1.78. The number of allylic oxidation sites excluding steroid dienone is 1. The summed E-state index contributed by atoms with van der Waals surface area (Å²) in [6, 6.07) is 11.3. The van der Waals surface area contributed by atoms with Gasteiger partial charge < -0.3 is 10.1 Å². The van der Waals surface area contributed by atoms with Gasteiger partial charge in [0.2, 0.25) is 0 Å². The summed E-state index contributed by atoms with van der Waals surface area (Å²) in [6.45, 7) is 3.02. The third-order valence-electron chi connectivity index (χ3n) is 4.67. The topological polar surface area (TPSA) is 38.3 Å². The maximum atomic E-state index is 12.0. The minimum absolute atomic E-state index is 0.0599. The average molecular weight is 434 g/mol. The number of nitrogens with one attached hydrogen (secondary N) is 1. The number of halogens is 1. The Morgan fingerprint density at radius 3 is 2.24 bits per heavy atom. The first-order valence-corrected chi connectivity index (χ1v) is 11.8. The maximum absolute atomic E-state index is 12.0. The van der Waals surface area contributed by atoms with E-state index in [1.807, 2.05) is 24.3 Å². The van der Waals surface area contributed by atoms with Gasteiger partial charge >= 0.3 is 0 Å². The van der Waals surface area contributed by atoms with Gasteiger partial charge in [0.15, 0.2) is 5.78 Å². The van der Waals surface area contributed by atoms with Crippen LogP contribution in [0.25, 0.3) is 0 Å². The Bertz CT molecular complexity index is 740. The molecule has 1 N–H and O–H groups in total. The highest BCUT2D eigenvalue weighted by atomic mass is 35.5. The summed E-state index contributed by atoms with van der Waals surface area (Å²) >= 11 is 7.13. The first kappa shape index (κ1) is 23.5. The third-order valence-corrected chi connectivity index (χ3v) is 5.92. The summed E-state index contributed by atoms with van der Waals surface area (Å²) in [5, 5.41) is 3.10. The zero-order valence-corrected chi connectivity index (χ0v) is 18.9. The van der Waals surface area contributed by atoms with Crippen LogP contribution in [0.2, 0.25) is 4.34 Å². The second kappa shape index (κ2) is 14.2. The number of anilines is 1. The average Bonchev–Trinajstić information content (AvgIpc) is 3.17. The molecule has 0 saturated carbocycles. The molecule has 1 aromatic heterocycles. The van der Waals surface area contributed by atoms with Crippen LogP contribution in [0.4, 0.5) is 5.69 Å². The molecule has 0 amide bonds. The lowest BCUT2D eigenvalue weighted by molar-refractivity contribution is 0.105. The standard InChI is InChI=1S/C24H32ClNO2S/c1-2-3-4-5-6-7-8-9-10-19-28-21-13-11-20(12-14-21)26-18-17-22(27)23-15-16-24(25)29-23/h11-18,26H,2-10,19H2,1H3/b18-17-. The number of benzene rings is 1. The van der Waals surface area contributed by atoms with Crippen LogP contribution in [0.15, 0.2) is 48.7 Å². The quantitative estimate of drug-likeness (QED) is 0.175. The molecule has 2 aromatic rings. The van der Waals surface area contributed by atoms with E-state index in [1.54, 1.807) is 18.3 Å². The second-order valence-corrected chi connectivity index (χ2v) is 8.86. The number of thiophene rings is 1. The van der Waals surface area contributed by atoms with Crippen LogP contribution in [0.5, 0.6) is 5.75 Å². The molecule has 5 heteroatoms. The molecule has 158 valence electrons. The monoisotopic (exact) mass is 433 g/mol. The Morgan fingerprint density at radius 2 is 1.62 bits per heavy atom. The Labute approximate surface area is 184 Å². The van der Waals surface area contributed by atoms with Crippen molar-refractivity contribution in [2.75, 3.05) is 11.9 Å². The maximum Gasteiger partial charge on any atom is 0.197 e. The van der Waals surface area contributed by atoms with Crippen molar-refractivity contribution in [3.05, 3.63) is 57.9 Å². The molecular formula is C24H32ClNO2S. The Morgan fingerprint density at radius 1 is 0.966 bits per heavy atom. The summed E-state index contributed by atoms with van der Waals surface area (Å²) in [5.41, 5.74) is 0.911. The van der Waals surface area contributed by atoms with Gasteiger partial charge in [-0.05, 0) is 42.8 Å². The third kappa shape index (κ3) is 10.00. The fourth-order valence-electron chi connectivity index (χ4n) is 2.99. The molecule has 0 unspecified atom stereocenters. The zero-order valence-electron chi connectivity index (χ0n) is 17.3. The number of ether oxygens (including phenoxy) is 1. The van der Waals surface area contributed by atoms with Gasteiger partial charge in [0.25, 0.3) is 0 Å². The van der Waals surface area contributed by atoms with Crippen LogP contribution in [-0.2, 0) is 0 Å². The molecular weight excluding hydrogens is 402 g/mol. The lowest BCUT2D eigenvalue weighted by Gasteiger charge is -2.07. The first-order chi connectivity index (χ1) is 14.2. The molecule has 2 rings (SSSR count). The van der Waals surface area contributed by atoms with Crippen LogP contribution in [-0.4, -0.2) is 12.4 Å². The van der Waals surface area contributed by atoms with Gasteiger partial charge in [-0.25, -0.2) is 0 Å². The summed E-state index contributed by atoms with van der Waals surface area (Å²) in [6.07, 6.45) is 15.0. The molecule has 1 heterocycles. The van der Waals surface area contributed by atoms with E-state index in [4.69, 9.17) is 16.3 Å². The number of carbonyl (C=O) groups excluding carboxylic acids is 1. The zero-order chi connectivity index (χ0) is 20.7. The molecule has 0 aliphatic carbocycles. The fraction of sp³-hybridized carbons (Fsp3) is 0.458. The van der Waals surface area contributed by atoms with E-state index in [0.29, 0.717) is 9.21 Å². The fourth-order valence-corrected chi connectivity index (χ4v) is 3.96. The number of hydrogen-bond donors (Lipinski definition) is 1. The van der Waals surface area contributed by atoms with E-state index < -0.39 is 0 Å². The molecule has 0 aliphatic heterocycles. The molecule has 1 aromatic carbocycles. The molecule has 0 atom stereocenters. The molecule has 0 bridgehead atoms. The van der Waals surface area contributed by atoms with E-state index >= 15 is 0 Å². The predicted molar refractivity (Wildman–Crippen MR) is 126 cm³/mol. The molecule has 0 radical (unpaired) electrons. The van der Waals surface area contributed by atoms with Gasteiger partial charge in [0.05, 0.1) is 15.8 Å². The lowest BCUT2D eigenvalue weighted by Crippen LogP contribution is -1.97. The normalized spacial score (nSPS) is 11.1. The Kier molecular flexibility index (Phi) is 11.5. The van der Waals surface area contributed by atoms with E-state index in [1.165, 1.54) is 68.8 Å². The smallest absolute Gasteiger partial charge is 0.197 e. The van der Waals surface area contributed by atoms with Gasteiger partial charge in [-0.1, -0.05) is 69.9 Å². The first-order valence-electron chi connectivity index (χ1n) is 10.6. The molecule has 0 aliphatic rings. The molecule has 29 heavy (non-hydrogen) atoms. The lowest BCUT2D eigenvalue weighted by atomic mass is 10.1. The number of rotatable bonds is 15. The summed E-state index contributed by atoms with van der Waals surface area (Å²) < 4.78 is 6.43. The van der Waals surface area contributed by atoms with Crippen molar-refractivity contribution in [3.8, 4) is 5.75 Å². The number of unbranched alkanes of at least 4 members (excludes halogenated alkanes) is 8. The van der Waals surface area contributed by atoms with Gasteiger partial charge in [0.1, 0.15) is 5.75 Å².